The fraction of sp³-hybridized carbons (Fsp3) is 0.600. The van der Waals surface area contributed by atoms with Crippen LogP contribution in [0.25, 0.3) is 0 Å². The van der Waals surface area contributed by atoms with Crippen LogP contribution in [0, 0.1) is 0 Å². The molecule has 2 unspecified atom stereocenters. The second-order valence-corrected chi connectivity index (χ2v) is 5.78. The van der Waals surface area contributed by atoms with Gasteiger partial charge in [-0.1, -0.05) is 0 Å². The molecular weight excluding hydrogens is 294 g/mol. The van der Waals surface area contributed by atoms with Crippen molar-refractivity contribution in [3.63, 3.8) is 0 Å². The minimum absolute atomic E-state index is 0.105. The van der Waals surface area contributed by atoms with Crippen molar-refractivity contribution >= 4 is 0 Å². The maximum atomic E-state index is 12.7. The molecule has 3 rings (SSSR count). The van der Waals surface area contributed by atoms with Crippen molar-refractivity contribution in [1.29, 1.82) is 0 Å². The highest BCUT2D eigenvalue weighted by Crippen LogP contribution is 2.39. The lowest BCUT2D eigenvalue weighted by Crippen LogP contribution is -2.53. The van der Waals surface area contributed by atoms with E-state index in [1.165, 1.54) is 6.07 Å². The quantitative estimate of drug-likeness (QED) is 0.923. The molecule has 0 radical (unpaired) electrons. The molecule has 2 heterocycles. The van der Waals surface area contributed by atoms with Gasteiger partial charge in [0, 0.05) is 43.3 Å². The Morgan fingerprint density at radius 1 is 1.32 bits per heavy atom. The standard InChI is InChI=1S/C15H20F2N2O3/c1-9-6-19(10(2)5-18-9)7-11-3-13-14(21-8-20-13)4-12(11)22-15(16)17/h3-4,9-10,15,18H,5-8H2,1-2H3. The zero-order valence-corrected chi connectivity index (χ0v) is 12.6. The van der Waals surface area contributed by atoms with Crippen molar-refractivity contribution < 1.29 is 23.0 Å². The number of hydrogen-bond donors (Lipinski definition) is 1. The van der Waals surface area contributed by atoms with E-state index in [9.17, 15) is 8.78 Å². The maximum absolute atomic E-state index is 12.7. The number of hydrogen-bond acceptors (Lipinski definition) is 5. The highest BCUT2D eigenvalue weighted by atomic mass is 19.3. The predicted octanol–water partition coefficient (Wildman–Crippen LogP) is 2.20. The van der Waals surface area contributed by atoms with E-state index in [1.54, 1.807) is 6.07 Å². The molecule has 0 amide bonds. The minimum Gasteiger partial charge on any atom is -0.454 e. The summed E-state index contributed by atoms with van der Waals surface area (Å²) < 4.78 is 40.5. The number of benzene rings is 1. The van der Waals surface area contributed by atoms with Gasteiger partial charge in [-0.3, -0.25) is 4.90 Å². The van der Waals surface area contributed by atoms with Gasteiger partial charge in [-0.05, 0) is 19.9 Å². The number of rotatable bonds is 4. The molecule has 0 aliphatic carbocycles. The largest absolute Gasteiger partial charge is 0.454 e. The molecule has 2 aliphatic heterocycles. The molecule has 2 aliphatic rings. The molecular formula is C15H20F2N2O3. The Hall–Kier alpha value is -1.60. The second kappa shape index (κ2) is 6.26. The van der Waals surface area contributed by atoms with E-state index in [2.05, 4.69) is 28.8 Å². The zero-order chi connectivity index (χ0) is 15.7. The van der Waals surface area contributed by atoms with Gasteiger partial charge in [-0.2, -0.15) is 8.78 Å². The van der Waals surface area contributed by atoms with Crippen molar-refractivity contribution in [3.8, 4) is 17.2 Å². The van der Waals surface area contributed by atoms with E-state index >= 15 is 0 Å². The third-order valence-electron chi connectivity index (χ3n) is 4.04. The average molecular weight is 314 g/mol. The van der Waals surface area contributed by atoms with Crippen LogP contribution in [0.4, 0.5) is 8.78 Å². The first-order valence-corrected chi connectivity index (χ1v) is 7.37. The van der Waals surface area contributed by atoms with Crippen LogP contribution in [0.3, 0.4) is 0 Å². The lowest BCUT2D eigenvalue weighted by Gasteiger charge is -2.37. The summed E-state index contributed by atoms with van der Waals surface area (Å²) in [5.74, 6) is 1.17. The average Bonchev–Trinajstić information content (AvgIpc) is 2.89. The van der Waals surface area contributed by atoms with E-state index < -0.39 is 6.61 Å². The fourth-order valence-electron chi connectivity index (χ4n) is 2.83. The van der Waals surface area contributed by atoms with Crippen LogP contribution < -0.4 is 19.5 Å². The van der Waals surface area contributed by atoms with Crippen LogP contribution in [0.2, 0.25) is 0 Å². The van der Waals surface area contributed by atoms with Crippen LogP contribution in [0.15, 0.2) is 12.1 Å². The van der Waals surface area contributed by atoms with E-state index in [-0.39, 0.29) is 12.5 Å². The molecule has 1 aromatic carbocycles. The van der Waals surface area contributed by atoms with E-state index in [4.69, 9.17) is 9.47 Å². The molecule has 0 bridgehead atoms. The SMILES string of the molecule is CC1CN(Cc2cc3c(cc2OC(F)F)OCO3)C(C)CN1. The first kappa shape index (κ1) is 15.3. The van der Waals surface area contributed by atoms with Gasteiger partial charge < -0.3 is 19.5 Å². The zero-order valence-electron chi connectivity index (χ0n) is 12.6. The predicted molar refractivity (Wildman–Crippen MR) is 76.5 cm³/mol. The summed E-state index contributed by atoms with van der Waals surface area (Å²) in [5, 5.41) is 3.40. The van der Waals surface area contributed by atoms with E-state index in [0.29, 0.717) is 35.7 Å². The van der Waals surface area contributed by atoms with Gasteiger partial charge in [-0.25, -0.2) is 0 Å². The van der Waals surface area contributed by atoms with E-state index in [1.807, 2.05) is 0 Å². The van der Waals surface area contributed by atoms with Crippen molar-refractivity contribution in [2.75, 3.05) is 19.9 Å². The summed E-state index contributed by atoms with van der Waals surface area (Å²) in [6.45, 7) is 3.72. The van der Waals surface area contributed by atoms with Crippen LogP contribution in [0.1, 0.15) is 19.4 Å². The molecule has 7 heteroatoms. The van der Waals surface area contributed by atoms with Gasteiger partial charge in [0.05, 0.1) is 0 Å². The third-order valence-corrected chi connectivity index (χ3v) is 4.04. The Kier molecular flexibility index (Phi) is 4.35. The number of piperazine rings is 1. The lowest BCUT2D eigenvalue weighted by atomic mass is 10.1. The summed E-state index contributed by atoms with van der Waals surface area (Å²) in [5.41, 5.74) is 0.686. The number of ether oxygens (including phenoxy) is 3. The Bertz CT molecular complexity index is 542. The Morgan fingerprint density at radius 2 is 2.05 bits per heavy atom. The van der Waals surface area contributed by atoms with Gasteiger partial charge in [0.2, 0.25) is 6.79 Å². The normalized spacial score (nSPS) is 24.8. The van der Waals surface area contributed by atoms with Crippen molar-refractivity contribution in [2.45, 2.75) is 39.1 Å². The molecule has 1 fully saturated rings. The number of fused-ring (bicyclic) bond motifs is 1. The summed E-state index contributed by atoms with van der Waals surface area (Å²) >= 11 is 0. The Balaban J connectivity index is 1.84. The molecule has 122 valence electrons. The number of nitrogens with zero attached hydrogens (tertiary/aromatic N) is 1. The number of nitrogens with one attached hydrogen (secondary N) is 1. The minimum atomic E-state index is -2.86. The Labute approximate surface area is 128 Å². The Morgan fingerprint density at radius 3 is 2.77 bits per heavy atom. The van der Waals surface area contributed by atoms with Crippen molar-refractivity contribution in [1.82, 2.24) is 10.2 Å². The van der Waals surface area contributed by atoms with Gasteiger partial charge in [-0.15, -0.1) is 0 Å². The van der Waals surface area contributed by atoms with Gasteiger partial charge in [0.1, 0.15) is 5.75 Å². The van der Waals surface area contributed by atoms with Crippen LogP contribution in [-0.2, 0) is 6.54 Å². The summed E-state index contributed by atoms with van der Waals surface area (Å²) in [6.07, 6.45) is 0. The first-order chi connectivity index (χ1) is 10.5. The van der Waals surface area contributed by atoms with Gasteiger partial charge in [0.25, 0.3) is 0 Å². The molecule has 1 aromatic rings. The highest BCUT2D eigenvalue weighted by Gasteiger charge is 2.26. The summed E-state index contributed by atoms with van der Waals surface area (Å²) in [6, 6.07) is 3.91. The fourth-order valence-corrected chi connectivity index (χ4v) is 2.83. The monoisotopic (exact) mass is 314 g/mol. The molecule has 0 aromatic heterocycles. The smallest absolute Gasteiger partial charge is 0.387 e. The van der Waals surface area contributed by atoms with Crippen LogP contribution in [-0.4, -0.2) is 43.5 Å². The molecule has 5 nitrogen and oxygen atoms in total. The van der Waals surface area contributed by atoms with Gasteiger partial charge >= 0.3 is 6.61 Å². The molecule has 0 spiro atoms. The molecule has 1 N–H and O–H groups in total. The maximum Gasteiger partial charge on any atom is 0.387 e. The second-order valence-electron chi connectivity index (χ2n) is 5.78. The summed E-state index contributed by atoms with van der Waals surface area (Å²) in [4.78, 5) is 2.25. The molecule has 22 heavy (non-hydrogen) atoms. The summed E-state index contributed by atoms with van der Waals surface area (Å²) in [7, 11) is 0. The van der Waals surface area contributed by atoms with Crippen LogP contribution in [0.5, 0.6) is 17.2 Å². The van der Waals surface area contributed by atoms with Crippen molar-refractivity contribution in [3.05, 3.63) is 17.7 Å². The molecule has 1 saturated heterocycles. The van der Waals surface area contributed by atoms with Gasteiger partial charge in [0.15, 0.2) is 11.5 Å². The number of halogens is 2. The topological polar surface area (TPSA) is 43.0 Å². The van der Waals surface area contributed by atoms with E-state index in [0.717, 1.165) is 13.1 Å². The molecule has 2 atom stereocenters. The lowest BCUT2D eigenvalue weighted by molar-refractivity contribution is -0.0510. The van der Waals surface area contributed by atoms with Crippen LogP contribution >= 0.6 is 0 Å². The molecule has 0 saturated carbocycles. The van der Waals surface area contributed by atoms with Crippen molar-refractivity contribution in [2.24, 2.45) is 0 Å². The number of alkyl halides is 2. The highest BCUT2D eigenvalue weighted by molar-refractivity contribution is 5.51. The first-order valence-electron chi connectivity index (χ1n) is 7.37. The third kappa shape index (κ3) is 3.25.